The third kappa shape index (κ3) is 2.82. The molecule has 106 valence electrons. The summed E-state index contributed by atoms with van der Waals surface area (Å²) >= 11 is 0. The Bertz CT molecular complexity index is 480. The van der Waals surface area contributed by atoms with Gasteiger partial charge in [0.05, 0.1) is 16.9 Å². The highest BCUT2D eigenvalue weighted by atomic mass is 16.5. The summed E-state index contributed by atoms with van der Waals surface area (Å²) in [5.74, 6) is 0.0661. The zero-order valence-corrected chi connectivity index (χ0v) is 12.8. The molecule has 0 amide bonds. The summed E-state index contributed by atoms with van der Waals surface area (Å²) in [6.07, 6.45) is 2.09. The molecule has 1 aliphatic heterocycles. The van der Waals surface area contributed by atoms with Gasteiger partial charge in [-0.05, 0) is 59.1 Å². The molecule has 2 atom stereocenters. The third-order valence-electron chi connectivity index (χ3n) is 4.06. The molecule has 0 spiro atoms. The highest BCUT2D eigenvalue weighted by Crippen LogP contribution is 2.47. The lowest BCUT2D eigenvalue weighted by Gasteiger charge is -2.30. The van der Waals surface area contributed by atoms with Gasteiger partial charge in [0.1, 0.15) is 6.10 Å². The van der Waals surface area contributed by atoms with Crippen molar-refractivity contribution in [1.82, 2.24) is 4.98 Å². The van der Waals surface area contributed by atoms with Crippen LogP contribution in [0, 0.1) is 19.8 Å². The molecule has 0 saturated carbocycles. The van der Waals surface area contributed by atoms with Crippen LogP contribution in [-0.2, 0) is 4.74 Å². The van der Waals surface area contributed by atoms with E-state index in [9.17, 15) is 5.11 Å². The molecule has 3 heteroatoms. The van der Waals surface area contributed by atoms with Crippen LogP contribution in [0.5, 0.6) is 0 Å². The Morgan fingerprint density at radius 2 is 1.95 bits per heavy atom. The Hall–Kier alpha value is -0.930. The quantitative estimate of drug-likeness (QED) is 0.890. The van der Waals surface area contributed by atoms with Gasteiger partial charge >= 0.3 is 0 Å². The lowest BCUT2D eigenvalue weighted by Crippen LogP contribution is -2.33. The lowest BCUT2D eigenvalue weighted by atomic mass is 9.81. The maximum Gasteiger partial charge on any atom is 0.102 e. The van der Waals surface area contributed by atoms with Crippen molar-refractivity contribution in [2.24, 2.45) is 5.92 Å². The standard InChI is InChI=1S/C16H25NO2/c1-10-7-11(2)13(17-9-10)14(18)12-8-15(3,4)19-16(12,5)6/h7,9,12,14,18H,8H2,1-6H3. The molecule has 1 aliphatic rings. The molecule has 0 aliphatic carbocycles. The molecular formula is C16H25NO2. The number of hydrogen-bond donors (Lipinski definition) is 1. The number of aryl methyl sites for hydroxylation is 2. The number of rotatable bonds is 2. The molecular weight excluding hydrogens is 238 g/mol. The summed E-state index contributed by atoms with van der Waals surface area (Å²) in [6, 6.07) is 2.07. The summed E-state index contributed by atoms with van der Waals surface area (Å²) in [7, 11) is 0. The van der Waals surface area contributed by atoms with Gasteiger partial charge in [0.2, 0.25) is 0 Å². The van der Waals surface area contributed by atoms with E-state index in [1.807, 2.05) is 20.0 Å². The van der Waals surface area contributed by atoms with Crippen LogP contribution in [0.3, 0.4) is 0 Å². The van der Waals surface area contributed by atoms with Gasteiger partial charge in [0.25, 0.3) is 0 Å². The van der Waals surface area contributed by atoms with Gasteiger partial charge in [-0.25, -0.2) is 0 Å². The third-order valence-corrected chi connectivity index (χ3v) is 4.06. The number of ether oxygens (including phenoxy) is 1. The fourth-order valence-electron chi connectivity index (χ4n) is 3.32. The van der Waals surface area contributed by atoms with Crippen LogP contribution in [-0.4, -0.2) is 21.3 Å². The average molecular weight is 263 g/mol. The average Bonchev–Trinajstić information content (AvgIpc) is 2.45. The number of aromatic nitrogens is 1. The van der Waals surface area contributed by atoms with E-state index in [1.54, 1.807) is 0 Å². The minimum absolute atomic E-state index is 0.0661. The molecule has 1 fully saturated rings. The normalized spacial score (nSPS) is 26.4. The van der Waals surface area contributed by atoms with Gasteiger partial charge in [-0.2, -0.15) is 0 Å². The molecule has 0 aromatic carbocycles. The molecule has 2 unspecified atom stereocenters. The number of aliphatic hydroxyl groups excluding tert-OH is 1. The van der Waals surface area contributed by atoms with E-state index in [2.05, 4.69) is 38.7 Å². The van der Waals surface area contributed by atoms with Crippen LogP contribution in [0.4, 0.5) is 0 Å². The number of pyridine rings is 1. The first-order valence-electron chi connectivity index (χ1n) is 6.94. The van der Waals surface area contributed by atoms with E-state index in [4.69, 9.17) is 4.74 Å². The monoisotopic (exact) mass is 263 g/mol. The molecule has 1 N–H and O–H groups in total. The Kier molecular flexibility index (Phi) is 3.48. The minimum Gasteiger partial charge on any atom is -0.386 e. The molecule has 1 aromatic rings. The predicted molar refractivity (Wildman–Crippen MR) is 76.0 cm³/mol. The van der Waals surface area contributed by atoms with Crippen LogP contribution in [0.15, 0.2) is 12.3 Å². The Labute approximate surface area is 116 Å². The molecule has 2 rings (SSSR count). The summed E-state index contributed by atoms with van der Waals surface area (Å²) in [4.78, 5) is 4.43. The van der Waals surface area contributed by atoms with Crippen molar-refractivity contribution in [1.29, 1.82) is 0 Å². The number of aliphatic hydroxyl groups is 1. The van der Waals surface area contributed by atoms with Crippen molar-refractivity contribution in [2.45, 2.75) is 65.3 Å². The van der Waals surface area contributed by atoms with E-state index >= 15 is 0 Å². The van der Waals surface area contributed by atoms with Crippen molar-refractivity contribution in [2.75, 3.05) is 0 Å². The van der Waals surface area contributed by atoms with Gasteiger partial charge < -0.3 is 9.84 Å². The van der Waals surface area contributed by atoms with E-state index < -0.39 is 6.10 Å². The smallest absolute Gasteiger partial charge is 0.102 e. The Balaban J connectivity index is 2.31. The van der Waals surface area contributed by atoms with E-state index in [0.29, 0.717) is 0 Å². The SMILES string of the molecule is Cc1cnc(C(O)C2CC(C)(C)OC2(C)C)c(C)c1. The highest BCUT2D eigenvalue weighted by molar-refractivity contribution is 5.26. The maximum atomic E-state index is 10.7. The molecule has 1 aromatic heterocycles. The molecule has 2 heterocycles. The van der Waals surface area contributed by atoms with Crippen LogP contribution in [0.1, 0.15) is 57.0 Å². The molecule has 0 bridgehead atoms. The maximum absolute atomic E-state index is 10.7. The summed E-state index contributed by atoms with van der Waals surface area (Å²) in [5.41, 5.74) is 2.43. The van der Waals surface area contributed by atoms with Gasteiger partial charge in [0, 0.05) is 12.1 Å². The van der Waals surface area contributed by atoms with Crippen LogP contribution < -0.4 is 0 Å². The predicted octanol–water partition coefficient (Wildman–Crippen LogP) is 3.33. The number of nitrogens with zero attached hydrogens (tertiary/aromatic N) is 1. The van der Waals surface area contributed by atoms with E-state index in [-0.39, 0.29) is 17.1 Å². The minimum atomic E-state index is -0.572. The van der Waals surface area contributed by atoms with Crippen molar-refractivity contribution in [3.8, 4) is 0 Å². The van der Waals surface area contributed by atoms with Crippen molar-refractivity contribution in [3.05, 3.63) is 29.1 Å². The zero-order chi connectivity index (χ0) is 14.4. The molecule has 19 heavy (non-hydrogen) atoms. The van der Waals surface area contributed by atoms with E-state index in [0.717, 1.165) is 23.2 Å². The fourth-order valence-corrected chi connectivity index (χ4v) is 3.32. The van der Waals surface area contributed by atoms with Crippen molar-refractivity contribution in [3.63, 3.8) is 0 Å². The second-order valence-corrected chi connectivity index (χ2v) is 6.94. The highest BCUT2D eigenvalue weighted by Gasteiger charge is 2.49. The Morgan fingerprint density at radius 1 is 1.32 bits per heavy atom. The molecule has 3 nitrogen and oxygen atoms in total. The summed E-state index contributed by atoms with van der Waals surface area (Å²) in [6.45, 7) is 12.3. The first kappa shape index (κ1) is 14.5. The first-order valence-corrected chi connectivity index (χ1v) is 6.94. The molecule has 1 saturated heterocycles. The lowest BCUT2D eigenvalue weighted by molar-refractivity contribution is -0.0884. The Morgan fingerprint density at radius 3 is 2.42 bits per heavy atom. The van der Waals surface area contributed by atoms with Gasteiger partial charge in [-0.1, -0.05) is 6.07 Å². The second kappa shape index (κ2) is 4.57. The van der Waals surface area contributed by atoms with Crippen LogP contribution in [0.2, 0.25) is 0 Å². The van der Waals surface area contributed by atoms with Crippen molar-refractivity contribution < 1.29 is 9.84 Å². The number of hydrogen-bond acceptors (Lipinski definition) is 3. The summed E-state index contributed by atoms with van der Waals surface area (Å²) in [5, 5.41) is 10.7. The van der Waals surface area contributed by atoms with Gasteiger partial charge in [-0.15, -0.1) is 0 Å². The fraction of sp³-hybridized carbons (Fsp3) is 0.688. The van der Waals surface area contributed by atoms with E-state index in [1.165, 1.54) is 0 Å². The zero-order valence-electron chi connectivity index (χ0n) is 12.8. The van der Waals surface area contributed by atoms with Gasteiger partial charge in [-0.3, -0.25) is 4.98 Å². The summed E-state index contributed by atoms with van der Waals surface area (Å²) < 4.78 is 6.07. The topological polar surface area (TPSA) is 42.4 Å². The first-order chi connectivity index (χ1) is 8.62. The van der Waals surface area contributed by atoms with Crippen LogP contribution in [0.25, 0.3) is 0 Å². The molecule has 0 radical (unpaired) electrons. The van der Waals surface area contributed by atoms with Crippen LogP contribution >= 0.6 is 0 Å². The van der Waals surface area contributed by atoms with Gasteiger partial charge in [0.15, 0.2) is 0 Å². The second-order valence-electron chi connectivity index (χ2n) is 6.94. The largest absolute Gasteiger partial charge is 0.386 e. The van der Waals surface area contributed by atoms with Crippen molar-refractivity contribution >= 4 is 0 Å².